The van der Waals surface area contributed by atoms with Crippen molar-refractivity contribution in [2.24, 2.45) is 0 Å². The van der Waals surface area contributed by atoms with Gasteiger partial charge in [-0.1, -0.05) is 43.0 Å². The maximum atomic E-state index is 12.5. The molecule has 7 heteroatoms. The molecule has 0 fully saturated rings. The van der Waals surface area contributed by atoms with Crippen molar-refractivity contribution in [2.75, 3.05) is 20.0 Å². The van der Waals surface area contributed by atoms with Crippen LogP contribution < -0.4 is 9.47 Å². The molecule has 2 aromatic carbocycles. The minimum Gasteiger partial charge on any atom is -0.493 e. The first-order valence-corrected chi connectivity index (χ1v) is 9.53. The van der Waals surface area contributed by atoms with Crippen LogP contribution in [-0.2, 0) is 6.42 Å². The zero-order valence-electron chi connectivity index (χ0n) is 15.5. The first kappa shape index (κ1) is 19.0. The quantitative estimate of drug-likeness (QED) is 0.467. The summed E-state index contributed by atoms with van der Waals surface area (Å²) >= 11 is 1.29. The van der Waals surface area contributed by atoms with Crippen LogP contribution in [0.4, 0.5) is 0 Å². The summed E-state index contributed by atoms with van der Waals surface area (Å²) < 4.78 is 10.4. The summed E-state index contributed by atoms with van der Waals surface area (Å²) in [5, 5.41) is 7.66. The Morgan fingerprint density at radius 1 is 1.07 bits per heavy atom. The van der Waals surface area contributed by atoms with Gasteiger partial charge >= 0.3 is 0 Å². The van der Waals surface area contributed by atoms with Gasteiger partial charge in [-0.15, -0.1) is 5.10 Å². The molecule has 0 saturated carbocycles. The van der Waals surface area contributed by atoms with Crippen LogP contribution in [0.3, 0.4) is 0 Å². The molecule has 0 aliphatic rings. The second-order valence-corrected chi connectivity index (χ2v) is 6.74. The van der Waals surface area contributed by atoms with Crippen LogP contribution in [-0.4, -0.2) is 40.9 Å². The number of Topliss-reactive ketones (excluding diaryl/α,β-unsaturated/α-hetero) is 1. The predicted molar refractivity (Wildman–Crippen MR) is 106 cm³/mol. The molecule has 1 N–H and O–H groups in total. The molecule has 0 aliphatic heterocycles. The number of aryl methyl sites for hydroxylation is 1. The maximum Gasteiger partial charge on any atom is 0.209 e. The number of nitrogens with zero attached hydrogens (tertiary/aromatic N) is 2. The zero-order chi connectivity index (χ0) is 19.2. The Morgan fingerprint density at radius 3 is 2.48 bits per heavy atom. The van der Waals surface area contributed by atoms with E-state index in [0.29, 0.717) is 28.0 Å². The summed E-state index contributed by atoms with van der Waals surface area (Å²) in [5.41, 5.74) is 2.80. The third kappa shape index (κ3) is 4.49. The number of carbonyl (C=O) groups is 1. The van der Waals surface area contributed by atoms with Crippen molar-refractivity contribution in [2.45, 2.75) is 18.5 Å². The molecule has 0 bridgehead atoms. The highest BCUT2D eigenvalue weighted by atomic mass is 32.2. The first-order valence-electron chi connectivity index (χ1n) is 8.54. The Hall–Kier alpha value is -2.80. The Balaban J connectivity index is 1.65. The summed E-state index contributed by atoms with van der Waals surface area (Å²) in [5.74, 6) is 2.03. The molecule has 0 unspecified atom stereocenters. The number of carbonyl (C=O) groups excluding carboxylic acids is 1. The van der Waals surface area contributed by atoms with E-state index in [4.69, 9.17) is 9.47 Å². The topological polar surface area (TPSA) is 77.1 Å². The fourth-order valence-electron chi connectivity index (χ4n) is 2.56. The zero-order valence-corrected chi connectivity index (χ0v) is 16.3. The van der Waals surface area contributed by atoms with Crippen molar-refractivity contribution in [3.8, 4) is 22.9 Å². The third-order valence-electron chi connectivity index (χ3n) is 4.14. The van der Waals surface area contributed by atoms with Crippen molar-refractivity contribution in [1.82, 2.24) is 15.2 Å². The minimum atomic E-state index is -0.0281. The number of ether oxygens (including phenoxy) is 2. The molecule has 6 nitrogen and oxygen atoms in total. The predicted octanol–water partition coefficient (Wildman–Crippen LogP) is 4.03. The van der Waals surface area contributed by atoms with Crippen LogP contribution in [0, 0.1) is 0 Å². The lowest BCUT2D eigenvalue weighted by Crippen LogP contribution is -2.03. The number of hydrogen-bond donors (Lipinski definition) is 1. The lowest BCUT2D eigenvalue weighted by molar-refractivity contribution is 0.102. The molecule has 1 heterocycles. The second kappa shape index (κ2) is 8.73. The molecule has 140 valence electrons. The molecule has 0 amide bonds. The van der Waals surface area contributed by atoms with E-state index in [1.807, 2.05) is 12.1 Å². The Labute approximate surface area is 162 Å². The molecule has 3 rings (SSSR count). The number of ketones is 1. The van der Waals surface area contributed by atoms with Crippen LogP contribution in [0.25, 0.3) is 11.4 Å². The number of methoxy groups -OCH3 is 2. The molecular weight excluding hydrogens is 362 g/mol. The normalized spacial score (nSPS) is 10.6. The van der Waals surface area contributed by atoms with Gasteiger partial charge in [0.05, 0.1) is 20.0 Å². The molecule has 27 heavy (non-hydrogen) atoms. The van der Waals surface area contributed by atoms with Crippen molar-refractivity contribution in [3.05, 3.63) is 53.6 Å². The van der Waals surface area contributed by atoms with E-state index in [1.54, 1.807) is 32.4 Å². The number of hydrogen-bond acceptors (Lipinski definition) is 6. The number of nitrogens with one attached hydrogen (secondary N) is 1. The number of benzene rings is 2. The van der Waals surface area contributed by atoms with E-state index in [1.165, 1.54) is 17.3 Å². The van der Waals surface area contributed by atoms with Crippen molar-refractivity contribution < 1.29 is 14.3 Å². The highest BCUT2D eigenvalue weighted by Crippen LogP contribution is 2.28. The van der Waals surface area contributed by atoms with Gasteiger partial charge in [-0.2, -0.15) is 0 Å². The van der Waals surface area contributed by atoms with Crippen LogP contribution in [0.5, 0.6) is 11.5 Å². The van der Waals surface area contributed by atoms with Gasteiger partial charge < -0.3 is 9.47 Å². The van der Waals surface area contributed by atoms with E-state index < -0.39 is 0 Å². The Morgan fingerprint density at radius 2 is 1.81 bits per heavy atom. The van der Waals surface area contributed by atoms with Gasteiger partial charge in [0.25, 0.3) is 0 Å². The maximum absolute atomic E-state index is 12.5. The van der Waals surface area contributed by atoms with Crippen LogP contribution in [0.1, 0.15) is 22.8 Å². The fourth-order valence-corrected chi connectivity index (χ4v) is 3.25. The molecular formula is C20H21N3O3S. The number of thioether (sulfide) groups is 1. The number of aromatic nitrogens is 3. The summed E-state index contributed by atoms with van der Waals surface area (Å²) in [6, 6.07) is 13.3. The van der Waals surface area contributed by atoms with Crippen molar-refractivity contribution in [3.63, 3.8) is 0 Å². The van der Waals surface area contributed by atoms with E-state index in [2.05, 4.69) is 34.2 Å². The van der Waals surface area contributed by atoms with Gasteiger partial charge in [0.2, 0.25) is 5.16 Å². The summed E-state index contributed by atoms with van der Waals surface area (Å²) in [6.45, 7) is 2.12. The van der Waals surface area contributed by atoms with Gasteiger partial charge in [-0.05, 0) is 30.2 Å². The lowest BCUT2D eigenvalue weighted by atomic mass is 10.1. The van der Waals surface area contributed by atoms with Crippen LogP contribution >= 0.6 is 11.8 Å². The van der Waals surface area contributed by atoms with Crippen molar-refractivity contribution in [1.29, 1.82) is 0 Å². The monoisotopic (exact) mass is 383 g/mol. The number of rotatable bonds is 8. The molecule has 0 saturated heterocycles. The number of aromatic amines is 1. The molecule has 0 atom stereocenters. The third-order valence-corrected chi connectivity index (χ3v) is 4.99. The highest BCUT2D eigenvalue weighted by Gasteiger charge is 2.13. The highest BCUT2D eigenvalue weighted by molar-refractivity contribution is 7.99. The molecule has 0 spiro atoms. The van der Waals surface area contributed by atoms with Gasteiger partial charge in [0, 0.05) is 11.1 Å². The fraction of sp³-hybridized carbons (Fsp3) is 0.250. The summed E-state index contributed by atoms with van der Waals surface area (Å²) in [6.07, 6.45) is 0.996. The van der Waals surface area contributed by atoms with Gasteiger partial charge in [0.1, 0.15) is 0 Å². The average Bonchev–Trinajstić information content (AvgIpc) is 3.20. The molecule has 3 aromatic rings. The molecule has 1 aromatic heterocycles. The Bertz CT molecular complexity index is 922. The van der Waals surface area contributed by atoms with Gasteiger partial charge in [0.15, 0.2) is 23.1 Å². The molecule has 0 radical (unpaired) electrons. The number of H-pyrrole nitrogens is 1. The molecule has 0 aliphatic carbocycles. The van der Waals surface area contributed by atoms with Crippen LogP contribution in [0.15, 0.2) is 47.6 Å². The van der Waals surface area contributed by atoms with E-state index in [0.717, 1.165) is 12.0 Å². The van der Waals surface area contributed by atoms with E-state index in [-0.39, 0.29) is 11.5 Å². The summed E-state index contributed by atoms with van der Waals surface area (Å²) in [4.78, 5) is 16.9. The minimum absolute atomic E-state index is 0.0281. The van der Waals surface area contributed by atoms with Crippen molar-refractivity contribution >= 4 is 17.5 Å². The second-order valence-electron chi connectivity index (χ2n) is 5.80. The van der Waals surface area contributed by atoms with Gasteiger partial charge in [-0.25, -0.2) is 4.98 Å². The largest absolute Gasteiger partial charge is 0.493 e. The van der Waals surface area contributed by atoms with Crippen LogP contribution in [0.2, 0.25) is 0 Å². The smallest absolute Gasteiger partial charge is 0.209 e. The Kier molecular flexibility index (Phi) is 6.13. The van der Waals surface area contributed by atoms with Gasteiger partial charge in [-0.3, -0.25) is 9.89 Å². The van der Waals surface area contributed by atoms with E-state index in [9.17, 15) is 4.79 Å². The van der Waals surface area contributed by atoms with E-state index >= 15 is 0 Å². The standard InChI is InChI=1S/C20H21N3O3S/c1-4-13-5-7-14(8-6-13)19-21-20(23-22-19)27-12-16(24)15-9-10-17(25-2)18(11-15)26-3/h5-11H,4,12H2,1-3H3,(H,21,22,23). The SMILES string of the molecule is CCc1ccc(-c2nc(SCC(=O)c3ccc(OC)c(OC)c3)n[nH]2)cc1. The summed E-state index contributed by atoms with van der Waals surface area (Å²) in [7, 11) is 3.11. The lowest BCUT2D eigenvalue weighted by Gasteiger charge is -2.08. The average molecular weight is 383 g/mol. The first-order chi connectivity index (χ1) is 13.1.